The highest BCUT2D eigenvalue weighted by Crippen LogP contribution is 2.07. The zero-order valence-corrected chi connectivity index (χ0v) is 12.3. The molecule has 0 bridgehead atoms. The second kappa shape index (κ2) is 8.67. The Morgan fingerprint density at radius 1 is 1.21 bits per heavy atom. The van der Waals surface area contributed by atoms with Crippen LogP contribution in [0.5, 0.6) is 0 Å². The van der Waals surface area contributed by atoms with Gasteiger partial charge in [-0.15, -0.1) is 5.10 Å². The number of unbranched alkanes of at least 4 members (excludes halogenated alkanes) is 1. The van der Waals surface area contributed by atoms with Crippen LogP contribution in [0.4, 0.5) is 0 Å². The molecule has 1 amide bonds. The van der Waals surface area contributed by atoms with Crippen LogP contribution in [0.25, 0.3) is 0 Å². The number of aryl methyl sites for hydroxylation is 1. The predicted octanol–water partition coefficient (Wildman–Crippen LogP) is 2.85. The van der Waals surface area contributed by atoms with E-state index in [0.29, 0.717) is 0 Å². The quantitative estimate of drug-likeness (QED) is 0.722. The third-order valence-electron chi connectivity index (χ3n) is 3.10. The standard InChI is InChI=1S/C14H26N4O/c1-4-7-10-11(8-5-2)15-14(19)13-16-12(9-6-3)17-18-13/h11H,4-10H2,1-3H3,(H,15,19)(H,16,17,18). The van der Waals surface area contributed by atoms with Gasteiger partial charge in [0.15, 0.2) is 0 Å². The normalized spacial score (nSPS) is 12.4. The van der Waals surface area contributed by atoms with E-state index in [4.69, 9.17) is 0 Å². The fraction of sp³-hybridized carbons (Fsp3) is 0.786. The van der Waals surface area contributed by atoms with Crippen LogP contribution >= 0.6 is 0 Å². The number of hydrogen-bond donors (Lipinski definition) is 2. The molecule has 5 nitrogen and oxygen atoms in total. The van der Waals surface area contributed by atoms with Gasteiger partial charge in [-0.2, -0.15) is 0 Å². The van der Waals surface area contributed by atoms with Gasteiger partial charge in [0.05, 0.1) is 0 Å². The van der Waals surface area contributed by atoms with Crippen molar-refractivity contribution in [3.8, 4) is 0 Å². The van der Waals surface area contributed by atoms with Crippen LogP contribution in [0, 0.1) is 0 Å². The lowest BCUT2D eigenvalue weighted by Gasteiger charge is -2.16. The average molecular weight is 266 g/mol. The van der Waals surface area contributed by atoms with Gasteiger partial charge in [-0.1, -0.05) is 40.0 Å². The Morgan fingerprint density at radius 2 is 2.00 bits per heavy atom. The molecule has 0 aliphatic rings. The second-order valence-corrected chi connectivity index (χ2v) is 4.96. The van der Waals surface area contributed by atoms with E-state index in [0.717, 1.165) is 50.8 Å². The topological polar surface area (TPSA) is 70.7 Å². The van der Waals surface area contributed by atoms with Gasteiger partial charge < -0.3 is 5.32 Å². The number of H-pyrrole nitrogens is 1. The Hall–Kier alpha value is -1.39. The van der Waals surface area contributed by atoms with E-state index < -0.39 is 0 Å². The van der Waals surface area contributed by atoms with E-state index in [-0.39, 0.29) is 17.8 Å². The molecular weight excluding hydrogens is 240 g/mol. The third-order valence-corrected chi connectivity index (χ3v) is 3.10. The molecule has 1 atom stereocenters. The van der Waals surface area contributed by atoms with Gasteiger partial charge >= 0.3 is 0 Å². The molecule has 1 rings (SSSR count). The molecule has 1 heterocycles. The van der Waals surface area contributed by atoms with Crippen molar-refractivity contribution in [2.75, 3.05) is 0 Å². The van der Waals surface area contributed by atoms with E-state index in [2.05, 4.69) is 41.3 Å². The lowest BCUT2D eigenvalue weighted by atomic mass is 10.1. The van der Waals surface area contributed by atoms with Crippen LogP contribution in [0.3, 0.4) is 0 Å². The zero-order chi connectivity index (χ0) is 14.1. The first kappa shape index (κ1) is 15.7. The number of aromatic nitrogens is 3. The minimum atomic E-state index is -0.159. The van der Waals surface area contributed by atoms with Crippen LogP contribution in [-0.4, -0.2) is 27.1 Å². The molecule has 0 spiro atoms. The number of nitrogens with one attached hydrogen (secondary N) is 2. The van der Waals surface area contributed by atoms with Gasteiger partial charge in [0, 0.05) is 12.5 Å². The largest absolute Gasteiger partial charge is 0.347 e. The minimum absolute atomic E-state index is 0.159. The molecule has 2 N–H and O–H groups in total. The van der Waals surface area contributed by atoms with Crippen molar-refractivity contribution in [1.29, 1.82) is 0 Å². The second-order valence-electron chi connectivity index (χ2n) is 4.96. The summed E-state index contributed by atoms with van der Waals surface area (Å²) in [6, 6.07) is 0.241. The summed E-state index contributed by atoms with van der Waals surface area (Å²) in [5.41, 5.74) is 0. The molecule has 0 fully saturated rings. The summed E-state index contributed by atoms with van der Waals surface area (Å²) in [5, 5.41) is 9.83. The van der Waals surface area contributed by atoms with E-state index in [9.17, 15) is 4.79 Å². The number of rotatable bonds is 9. The maximum absolute atomic E-state index is 12.1. The number of nitrogens with zero attached hydrogens (tertiary/aromatic N) is 2. The summed E-state index contributed by atoms with van der Waals surface area (Å²) in [6.45, 7) is 6.37. The molecule has 0 radical (unpaired) electrons. The molecular formula is C14H26N4O. The lowest BCUT2D eigenvalue weighted by molar-refractivity contribution is 0.0922. The highest BCUT2D eigenvalue weighted by molar-refractivity contribution is 5.90. The number of carbonyl (C=O) groups excluding carboxylic acids is 1. The molecule has 1 aromatic rings. The van der Waals surface area contributed by atoms with Crippen LogP contribution in [0.15, 0.2) is 0 Å². The smallest absolute Gasteiger partial charge is 0.291 e. The minimum Gasteiger partial charge on any atom is -0.347 e. The predicted molar refractivity (Wildman–Crippen MR) is 76.1 cm³/mol. The monoisotopic (exact) mass is 266 g/mol. The molecule has 1 aromatic heterocycles. The number of amides is 1. The van der Waals surface area contributed by atoms with Crippen molar-refractivity contribution < 1.29 is 4.79 Å². The summed E-state index contributed by atoms with van der Waals surface area (Å²) >= 11 is 0. The average Bonchev–Trinajstić information content (AvgIpc) is 2.85. The van der Waals surface area contributed by atoms with Crippen molar-refractivity contribution in [1.82, 2.24) is 20.5 Å². The first-order valence-electron chi connectivity index (χ1n) is 7.43. The first-order chi connectivity index (χ1) is 9.21. The Labute approximate surface area is 115 Å². The molecule has 19 heavy (non-hydrogen) atoms. The number of aromatic amines is 1. The highest BCUT2D eigenvalue weighted by Gasteiger charge is 2.16. The SMILES string of the molecule is CCCCC(CCC)NC(=O)c1n[nH]c(CCC)n1. The summed E-state index contributed by atoms with van der Waals surface area (Å²) in [6.07, 6.45) is 7.22. The highest BCUT2D eigenvalue weighted by atomic mass is 16.2. The van der Waals surface area contributed by atoms with E-state index in [1.165, 1.54) is 0 Å². The summed E-state index contributed by atoms with van der Waals surface area (Å²) in [7, 11) is 0. The van der Waals surface area contributed by atoms with Crippen LogP contribution in [-0.2, 0) is 6.42 Å². The molecule has 0 aromatic carbocycles. The van der Waals surface area contributed by atoms with Crippen molar-refractivity contribution in [3.63, 3.8) is 0 Å². The third kappa shape index (κ3) is 5.41. The van der Waals surface area contributed by atoms with Crippen molar-refractivity contribution in [3.05, 3.63) is 11.6 Å². The fourth-order valence-electron chi connectivity index (χ4n) is 2.08. The van der Waals surface area contributed by atoms with Gasteiger partial charge in [0.1, 0.15) is 5.82 Å². The summed E-state index contributed by atoms with van der Waals surface area (Å²) in [5.74, 6) is 0.891. The Balaban J connectivity index is 2.54. The molecule has 5 heteroatoms. The van der Waals surface area contributed by atoms with Crippen molar-refractivity contribution >= 4 is 5.91 Å². The van der Waals surface area contributed by atoms with Gasteiger partial charge in [-0.25, -0.2) is 4.98 Å². The lowest BCUT2D eigenvalue weighted by Crippen LogP contribution is -2.35. The van der Waals surface area contributed by atoms with Gasteiger partial charge in [0.25, 0.3) is 5.91 Å². The van der Waals surface area contributed by atoms with Gasteiger partial charge in [-0.05, 0) is 19.3 Å². The fourth-order valence-corrected chi connectivity index (χ4v) is 2.08. The molecule has 1 unspecified atom stereocenters. The molecule has 0 saturated heterocycles. The van der Waals surface area contributed by atoms with Gasteiger partial charge in [0.2, 0.25) is 5.82 Å². The molecule has 0 saturated carbocycles. The van der Waals surface area contributed by atoms with Crippen molar-refractivity contribution in [2.45, 2.75) is 71.8 Å². The maximum atomic E-state index is 12.1. The van der Waals surface area contributed by atoms with E-state index in [1.54, 1.807) is 0 Å². The van der Waals surface area contributed by atoms with Gasteiger partial charge in [-0.3, -0.25) is 9.89 Å². The molecule has 0 aliphatic heterocycles. The Bertz CT molecular complexity index is 375. The van der Waals surface area contributed by atoms with Crippen LogP contribution in [0.2, 0.25) is 0 Å². The van der Waals surface area contributed by atoms with Crippen LogP contribution < -0.4 is 5.32 Å². The van der Waals surface area contributed by atoms with E-state index >= 15 is 0 Å². The Morgan fingerprint density at radius 3 is 2.63 bits per heavy atom. The first-order valence-corrected chi connectivity index (χ1v) is 7.43. The number of hydrogen-bond acceptors (Lipinski definition) is 3. The van der Waals surface area contributed by atoms with Crippen LogP contribution in [0.1, 0.15) is 75.7 Å². The zero-order valence-electron chi connectivity index (χ0n) is 12.3. The Kier molecular flexibility index (Phi) is 7.15. The molecule has 0 aliphatic carbocycles. The maximum Gasteiger partial charge on any atom is 0.291 e. The summed E-state index contributed by atoms with van der Waals surface area (Å²) < 4.78 is 0. The van der Waals surface area contributed by atoms with E-state index in [1.807, 2.05) is 0 Å². The molecule has 108 valence electrons. The van der Waals surface area contributed by atoms with Crippen molar-refractivity contribution in [2.24, 2.45) is 0 Å². The summed E-state index contributed by atoms with van der Waals surface area (Å²) in [4.78, 5) is 16.3. The number of carbonyl (C=O) groups is 1.